The van der Waals surface area contributed by atoms with E-state index >= 15 is 0 Å². The number of nitrogens with zero attached hydrogens (tertiary/aromatic N) is 2. The van der Waals surface area contributed by atoms with Gasteiger partial charge in [-0.1, -0.05) is 44.2 Å². The van der Waals surface area contributed by atoms with Gasteiger partial charge in [-0.15, -0.1) is 0 Å². The van der Waals surface area contributed by atoms with Gasteiger partial charge in [0.05, 0.1) is 22.1 Å². The van der Waals surface area contributed by atoms with Crippen LogP contribution in [-0.4, -0.2) is 9.97 Å². The minimum atomic E-state index is 0.390. The molecule has 20 heavy (non-hydrogen) atoms. The summed E-state index contributed by atoms with van der Waals surface area (Å²) in [6.45, 7) is 4.38. The first-order chi connectivity index (χ1) is 9.72. The first-order valence-electron chi connectivity index (χ1n) is 7.11. The van der Waals surface area contributed by atoms with Crippen LogP contribution in [0.3, 0.4) is 0 Å². The second-order valence-electron chi connectivity index (χ2n) is 5.66. The van der Waals surface area contributed by atoms with E-state index in [0.717, 1.165) is 22.1 Å². The van der Waals surface area contributed by atoms with Gasteiger partial charge in [0.15, 0.2) is 0 Å². The number of benzene rings is 1. The molecule has 1 heterocycles. The molecule has 0 spiro atoms. The number of allylic oxidation sites excluding steroid dienone is 1. The normalized spacial score (nSPS) is 22.1. The highest BCUT2D eigenvalue weighted by Crippen LogP contribution is 2.30. The van der Waals surface area contributed by atoms with Gasteiger partial charge in [0, 0.05) is 11.5 Å². The fourth-order valence-corrected chi connectivity index (χ4v) is 3.02. The largest absolute Gasteiger partial charge is 0.245 e. The van der Waals surface area contributed by atoms with E-state index in [1.165, 1.54) is 11.1 Å². The summed E-state index contributed by atoms with van der Waals surface area (Å²) in [7, 11) is 0. The van der Waals surface area contributed by atoms with Gasteiger partial charge < -0.3 is 0 Å². The van der Waals surface area contributed by atoms with Crippen molar-refractivity contribution in [1.29, 1.82) is 0 Å². The predicted molar refractivity (Wildman–Crippen MR) is 82.3 cm³/mol. The summed E-state index contributed by atoms with van der Waals surface area (Å²) in [4.78, 5) is 9.68. The van der Waals surface area contributed by atoms with Gasteiger partial charge in [-0.25, -0.2) is 9.97 Å². The van der Waals surface area contributed by atoms with Crippen molar-refractivity contribution in [3.63, 3.8) is 0 Å². The fourth-order valence-electron chi connectivity index (χ4n) is 3.02. The lowest BCUT2D eigenvalue weighted by molar-refractivity contribution is 0.941. The quantitative estimate of drug-likeness (QED) is 0.727. The van der Waals surface area contributed by atoms with Crippen LogP contribution >= 0.6 is 0 Å². The number of hydrogen-bond donors (Lipinski definition) is 0. The maximum absolute atomic E-state index is 4.88. The molecule has 1 aromatic carbocycles. The Kier molecular flexibility index (Phi) is 2.40. The number of aromatic nitrogens is 2. The summed E-state index contributed by atoms with van der Waals surface area (Å²) >= 11 is 0. The number of rotatable bonds is 0. The third-order valence-corrected chi connectivity index (χ3v) is 4.07. The van der Waals surface area contributed by atoms with Gasteiger partial charge in [0.2, 0.25) is 0 Å². The highest BCUT2D eigenvalue weighted by Gasteiger charge is 2.19. The molecule has 0 fully saturated rings. The fraction of sp³-hybridized carbons (Fsp3) is 0.222. The smallest absolute Gasteiger partial charge is 0.0966 e. The summed E-state index contributed by atoms with van der Waals surface area (Å²) in [5.41, 5.74) is 4.58. The molecule has 2 aliphatic carbocycles. The first kappa shape index (κ1) is 11.6. The lowest BCUT2D eigenvalue weighted by Crippen LogP contribution is -2.29. The van der Waals surface area contributed by atoms with Crippen LogP contribution in [0.5, 0.6) is 0 Å². The van der Waals surface area contributed by atoms with Crippen molar-refractivity contribution < 1.29 is 0 Å². The Bertz CT molecular complexity index is 846. The molecule has 0 saturated carbocycles. The molecular formula is C18H16N2. The summed E-state index contributed by atoms with van der Waals surface area (Å²) in [5, 5.41) is 2.03. The van der Waals surface area contributed by atoms with E-state index in [0.29, 0.717) is 11.8 Å². The minimum Gasteiger partial charge on any atom is -0.245 e. The first-order valence-corrected chi connectivity index (χ1v) is 7.11. The molecule has 2 nitrogen and oxygen atoms in total. The summed E-state index contributed by atoms with van der Waals surface area (Å²) in [6, 6.07) is 8.51. The molecule has 2 unspecified atom stereocenters. The number of hydrogen-bond acceptors (Lipinski definition) is 2. The van der Waals surface area contributed by atoms with Gasteiger partial charge >= 0.3 is 0 Å². The third-order valence-electron chi connectivity index (χ3n) is 4.07. The molecule has 2 heteroatoms. The molecule has 0 N–H and O–H groups in total. The Morgan fingerprint density at radius 3 is 2.70 bits per heavy atom. The van der Waals surface area contributed by atoms with Crippen LogP contribution in [0.25, 0.3) is 29.5 Å². The highest BCUT2D eigenvalue weighted by molar-refractivity contribution is 5.72. The van der Waals surface area contributed by atoms with Crippen molar-refractivity contribution in [2.75, 3.05) is 0 Å². The second kappa shape index (κ2) is 4.14. The third kappa shape index (κ3) is 1.64. The lowest BCUT2D eigenvalue weighted by atomic mass is 9.89. The zero-order valence-corrected chi connectivity index (χ0v) is 11.7. The molecule has 2 aromatic rings. The van der Waals surface area contributed by atoms with Crippen LogP contribution in [0.15, 0.2) is 30.3 Å². The molecule has 2 atom stereocenters. The molecule has 98 valence electrons. The Morgan fingerprint density at radius 2 is 1.80 bits per heavy atom. The van der Waals surface area contributed by atoms with E-state index in [2.05, 4.69) is 62.4 Å². The maximum atomic E-state index is 4.88. The van der Waals surface area contributed by atoms with Crippen LogP contribution in [0.2, 0.25) is 0 Å². The lowest BCUT2D eigenvalue weighted by Gasteiger charge is -2.19. The van der Waals surface area contributed by atoms with Gasteiger partial charge in [-0.2, -0.15) is 0 Å². The van der Waals surface area contributed by atoms with Crippen molar-refractivity contribution in [1.82, 2.24) is 9.97 Å². The predicted octanol–water partition coefficient (Wildman–Crippen LogP) is 2.48. The van der Waals surface area contributed by atoms with Crippen LogP contribution in [0.1, 0.15) is 31.0 Å². The minimum absolute atomic E-state index is 0.390. The average Bonchev–Trinajstić information content (AvgIpc) is 2.46. The van der Waals surface area contributed by atoms with Gasteiger partial charge in [0.25, 0.3) is 0 Å². The van der Waals surface area contributed by atoms with E-state index < -0.39 is 0 Å². The Hall–Kier alpha value is -2.22. The van der Waals surface area contributed by atoms with E-state index in [1.54, 1.807) is 0 Å². The zero-order chi connectivity index (χ0) is 13.7. The van der Waals surface area contributed by atoms with E-state index in [4.69, 9.17) is 9.97 Å². The van der Waals surface area contributed by atoms with E-state index in [1.807, 2.05) is 0 Å². The van der Waals surface area contributed by atoms with Crippen LogP contribution in [0, 0.1) is 5.92 Å². The van der Waals surface area contributed by atoms with Crippen LogP contribution < -0.4 is 10.7 Å². The highest BCUT2D eigenvalue weighted by atomic mass is 14.8. The molecular weight excluding hydrogens is 244 g/mol. The van der Waals surface area contributed by atoms with Gasteiger partial charge in [0.1, 0.15) is 0 Å². The molecule has 0 bridgehead atoms. The van der Waals surface area contributed by atoms with Crippen LogP contribution in [0.4, 0.5) is 0 Å². The maximum Gasteiger partial charge on any atom is 0.0966 e. The van der Waals surface area contributed by atoms with Gasteiger partial charge in [-0.05, 0) is 29.7 Å². The standard InChI is InChI=1S/C18H16N2/c1-11-7-8-15-16(9-11)20-18-14-6-4-3-5-13(14)12(2)10-17(18)19-15/h3-12H,1-2H3. The van der Waals surface area contributed by atoms with Crippen molar-refractivity contribution in [3.8, 4) is 11.3 Å². The molecule has 4 rings (SSSR count). The van der Waals surface area contributed by atoms with Crippen molar-refractivity contribution >= 4 is 18.2 Å². The van der Waals surface area contributed by atoms with Crippen molar-refractivity contribution in [2.24, 2.45) is 5.92 Å². The topological polar surface area (TPSA) is 25.8 Å². The molecule has 2 aliphatic rings. The second-order valence-corrected chi connectivity index (χ2v) is 5.66. The SMILES string of the molecule is CC1C=Cc2nc3c(nc2=C1)-c1ccccc1C(C)C=3. The molecule has 1 aromatic heterocycles. The molecule has 0 aliphatic heterocycles. The van der Waals surface area contributed by atoms with E-state index in [9.17, 15) is 0 Å². The summed E-state index contributed by atoms with van der Waals surface area (Å²) in [5.74, 6) is 0.818. The monoisotopic (exact) mass is 260 g/mol. The average molecular weight is 260 g/mol. The Morgan fingerprint density at radius 1 is 0.950 bits per heavy atom. The Labute approximate surface area is 118 Å². The van der Waals surface area contributed by atoms with Crippen LogP contribution in [-0.2, 0) is 0 Å². The summed E-state index contributed by atoms with van der Waals surface area (Å²) in [6.07, 6.45) is 8.66. The molecule has 0 amide bonds. The molecule has 0 radical (unpaired) electrons. The van der Waals surface area contributed by atoms with E-state index in [-0.39, 0.29) is 0 Å². The Balaban J connectivity index is 2.07. The summed E-state index contributed by atoms with van der Waals surface area (Å²) < 4.78 is 0. The van der Waals surface area contributed by atoms with Crippen molar-refractivity contribution in [2.45, 2.75) is 19.8 Å². The van der Waals surface area contributed by atoms with Gasteiger partial charge in [-0.3, -0.25) is 0 Å². The zero-order valence-electron chi connectivity index (χ0n) is 11.7. The van der Waals surface area contributed by atoms with Crippen molar-refractivity contribution in [3.05, 3.63) is 52.3 Å². The number of fused-ring (bicyclic) bond motifs is 4. The molecule has 0 saturated heterocycles.